The predicted octanol–water partition coefficient (Wildman–Crippen LogP) is 1.33. The zero-order valence-electron chi connectivity index (χ0n) is 7.81. The fourth-order valence-electron chi connectivity index (χ4n) is 1.26. The van der Waals surface area contributed by atoms with E-state index in [1.165, 1.54) is 0 Å². The van der Waals surface area contributed by atoms with E-state index < -0.39 is 0 Å². The minimum Gasteiger partial charge on any atom is -0.330 e. The van der Waals surface area contributed by atoms with Crippen LogP contribution in [0, 0.1) is 11.3 Å². The van der Waals surface area contributed by atoms with Crippen molar-refractivity contribution in [2.45, 2.75) is 12.5 Å². The second-order valence-corrected chi connectivity index (χ2v) is 2.88. The maximum atomic E-state index is 8.80. The molecule has 0 spiro atoms. The molecule has 0 saturated carbocycles. The second-order valence-electron chi connectivity index (χ2n) is 2.88. The van der Waals surface area contributed by atoms with Gasteiger partial charge in [0.05, 0.1) is 11.6 Å². The van der Waals surface area contributed by atoms with E-state index in [1.54, 1.807) is 6.07 Å². The molecule has 0 unspecified atom stereocenters. The van der Waals surface area contributed by atoms with Gasteiger partial charge in [-0.2, -0.15) is 5.26 Å². The quantitative estimate of drug-likeness (QED) is 0.792. The van der Waals surface area contributed by atoms with Crippen LogP contribution >= 0.6 is 12.4 Å². The lowest BCUT2D eigenvalue weighted by atomic mass is 9.99. The normalized spacial score (nSPS) is 11.2. The zero-order valence-corrected chi connectivity index (χ0v) is 8.63. The molecule has 0 amide bonds. The number of nitriles is 1. The summed E-state index contributed by atoms with van der Waals surface area (Å²) in [5, 5.41) is 8.80. The van der Waals surface area contributed by atoms with Gasteiger partial charge in [-0.05, 0) is 24.6 Å². The Kier molecular flexibility index (Phi) is 5.89. The molecule has 0 aliphatic rings. The Morgan fingerprint density at radius 2 is 2.00 bits per heavy atom. The fourth-order valence-corrected chi connectivity index (χ4v) is 1.26. The Balaban J connectivity index is 0.00000169. The highest BCUT2D eigenvalue weighted by Crippen LogP contribution is 2.17. The molecule has 0 aromatic heterocycles. The average molecular weight is 212 g/mol. The van der Waals surface area contributed by atoms with Crippen LogP contribution in [0.15, 0.2) is 24.3 Å². The first-order valence-electron chi connectivity index (χ1n) is 4.24. The van der Waals surface area contributed by atoms with Crippen molar-refractivity contribution in [3.8, 4) is 6.07 Å². The van der Waals surface area contributed by atoms with Gasteiger partial charge in [0.1, 0.15) is 0 Å². The Bertz CT molecular complexity index is 319. The van der Waals surface area contributed by atoms with Crippen molar-refractivity contribution in [3.63, 3.8) is 0 Å². The first kappa shape index (κ1) is 12.9. The molecule has 4 heteroatoms. The summed E-state index contributed by atoms with van der Waals surface area (Å²) in [5.41, 5.74) is 12.8. The van der Waals surface area contributed by atoms with Crippen molar-refractivity contribution in [3.05, 3.63) is 35.4 Å². The van der Waals surface area contributed by atoms with Crippen LogP contribution in [0.25, 0.3) is 0 Å². The van der Waals surface area contributed by atoms with Crippen molar-refractivity contribution < 1.29 is 0 Å². The third kappa shape index (κ3) is 3.00. The maximum Gasteiger partial charge on any atom is 0.0995 e. The molecule has 0 aliphatic heterocycles. The molecule has 0 heterocycles. The molecule has 76 valence electrons. The summed E-state index contributed by atoms with van der Waals surface area (Å²) in [5.74, 6) is 0. The van der Waals surface area contributed by atoms with Gasteiger partial charge in [0.2, 0.25) is 0 Å². The number of hydrogen-bond acceptors (Lipinski definition) is 3. The van der Waals surface area contributed by atoms with Crippen LogP contribution < -0.4 is 11.5 Å². The number of hydrogen-bond donors (Lipinski definition) is 2. The van der Waals surface area contributed by atoms with Gasteiger partial charge in [0, 0.05) is 6.04 Å². The molecule has 1 rings (SSSR count). The van der Waals surface area contributed by atoms with Gasteiger partial charge in [-0.1, -0.05) is 18.2 Å². The first-order chi connectivity index (χ1) is 6.29. The molecule has 14 heavy (non-hydrogen) atoms. The zero-order chi connectivity index (χ0) is 9.68. The highest BCUT2D eigenvalue weighted by Gasteiger charge is 2.08. The summed E-state index contributed by atoms with van der Waals surface area (Å²) >= 11 is 0. The van der Waals surface area contributed by atoms with Crippen molar-refractivity contribution in [2.24, 2.45) is 11.5 Å². The smallest absolute Gasteiger partial charge is 0.0995 e. The van der Waals surface area contributed by atoms with Crippen LogP contribution in [-0.2, 0) is 0 Å². The summed E-state index contributed by atoms with van der Waals surface area (Å²) in [4.78, 5) is 0. The van der Waals surface area contributed by atoms with Crippen LogP contribution in [-0.4, -0.2) is 6.54 Å². The number of benzene rings is 1. The lowest BCUT2D eigenvalue weighted by Crippen LogP contribution is -2.16. The van der Waals surface area contributed by atoms with Crippen molar-refractivity contribution in [2.75, 3.05) is 6.54 Å². The molecule has 4 N–H and O–H groups in total. The van der Waals surface area contributed by atoms with E-state index in [-0.39, 0.29) is 18.4 Å². The molecule has 0 saturated heterocycles. The second kappa shape index (κ2) is 6.39. The molecule has 0 radical (unpaired) electrons. The third-order valence-corrected chi connectivity index (χ3v) is 1.96. The minimum atomic E-state index is -0.124. The molecule has 0 aliphatic carbocycles. The standard InChI is InChI=1S/C10H13N3.ClH/c11-6-5-10(13)9-4-2-1-3-8(9)7-12;/h1-4,10H,5-6,11,13H2;1H/t10-;/m1./s1. The lowest BCUT2D eigenvalue weighted by Gasteiger charge is -2.11. The van der Waals surface area contributed by atoms with Crippen LogP contribution in [0.4, 0.5) is 0 Å². The van der Waals surface area contributed by atoms with E-state index in [1.807, 2.05) is 18.2 Å². The van der Waals surface area contributed by atoms with Crippen LogP contribution in [0.1, 0.15) is 23.6 Å². The van der Waals surface area contributed by atoms with E-state index in [0.29, 0.717) is 18.5 Å². The number of nitrogens with two attached hydrogens (primary N) is 2. The minimum absolute atomic E-state index is 0. The summed E-state index contributed by atoms with van der Waals surface area (Å²) in [6.45, 7) is 0.543. The molecule has 1 aromatic carbocycles. The lowest BCUT2D eigenvalue weighted by molar-refractivity contribution is 0.660. The summed E-state index contributed by atoms with van der Waals surface area (Å²) in [6, 6.07) is 9.35. The molecule has 1 atom stereocenters. The topological polar surface area (TPSA) is 75.8 Å². The molecular weight excluding hydrogens is 198 g/mol. The summed E-state index contributed by atoms with van der Waals surface area (Å²) in [6.07, 6.45) is 0.707. The van der Waals surface area contributed by atoms with Gasteiger partial charge in [0.25, 0.3) is 0 Å². The highest BCUT2D eigenvalue weighted by molar-refractivity contribution is 5.85. The van der Waals surface area contributed by atoms with Crippen molar-refractivity contribution in [1.29, 1.82) is 5.26 Å². The van der Waals surface area contributed by atoms with E-state index in [4.69, 9.17) is 16.7 Å². The molecular formula is C10H14ClN3. The SMILES string of the molecule is Cl.N#Cc1ccccc1[C@H](N)CCN. The molecule has 0 bridgehead atoms. The number of rotatable bonds is 3. The molecule has 1 aromatic rings. The Labute approximate surface area is 90.1 Å². The predicted molar refractivity (Wildman–Crippen MR) is 59.0 cm³/mol. The largest absolute Gasteiger partial charge is 0.330 e. The van der Waals surface area contributed by atoms with E-state index >= 15 is 0 Å². The van der Waals surface area contributed by atoms with Crippen molar-refractivity contribution in [1.82, 2.24) is 0 Å². The van der Waals surface area contributed by atoms with Gasteiger partial charge in [-0.3, -0.25) is 0 Å². The van der Waals surface area contributed by atoms with Gasteiger partial charge in [-0.25, -0.2) is 0 Å². The van der Waals surface area contributed by atoms with Gasteiger partial charge in [0.15, 0.2) is 0 Å². The van der Waals surface area contributed by atoms with E-state index in [2.05, 4.69) is 6.07 Å². The van der Waals surface area contributed by atoms with Crippen molar-refractivity contribution >= 4 is 12.4 Å². The Morgan fingerprint density at radius 1 is 1.36 bits per heavy atom. The highest BCUT2D eigenvalue weighted by atomic mass is 35.5. The van der Waals surface area contributed by atoms with Gasteiger partial charge in [-0.15, -0.1) is 12.4 Å². The molecule has 0 fully saturated rings. The average Bonchev–Trinajstić information content (AvgIpc) is 2.18. The van der Waals surface area contributed by atoms with Crippen LogP contribution in [0.3, 0.4) is 0 Å². The van der Waals surface area contributed by atoms with Crippen LogP contribution in [0.2, 0.25) is 0 Å². The van der Waals surface area contributed by atoms with E-state index in [9.17, 15) is 0 Å². The monoisotopic (exact) mass is 211 g/mol. The third-order valence-electron chi connectivity index (χ3n) is 1.96. The summed E-state index contributed by atoms with van der Waals surface area (Å²) < 4.78 is 0. The maximum absolute atomic E-state index is 8.80. The van der Waals surface area contributed by atoms with E-state index in [0.717, 1.165) is 5.56 Å². The molecule has 3 nitrogen and oxygen atoms in total. The number of nitrogens with zero attached hydrogens (tertiary/aromatic N) is 1. The van der Waals surface area contributed by atoms with Crippen LogP contribution in [0.5, 0.6) is 0 Å². The first-order valence-corrected chi connectivity index (χ1v) is 4.24. The van der Waals surface area contributed by atoms with Gasteiger partial charge < -0.3 is 11.5 Å². The Morgan fingerprint density at radius 3 is 2.57 bits per heavy atom. The summed E-state index contributed by atoms with van der Waals surface area (Å²) in [7, 11) is 0. The number of halogens is 1. The Hall–Kier alpha value is -1.08. The van der Waals surface area contributed by atoms with Gasteiger partial charge >= 0.3 is 0 Å². The fraction of sp³-hybridized carbons (Fsp3) is 0.300.